The maximum absolute atomic E-state index is 12.3. The molecular weight excluding hydrogens is 282 g/mol. The number of aliphatic carboxylic acids is 1. The van der Waals surface area contributed by atoms with Gasteiger partial charge >= 0.3 is 5.97 Å². The number of carboxylic acids is 1. The number of hydrogen-bond donors (Lipinski definition) is 2. The number of nitrogens with one attached hydrogen (secondary N) is 1. The maximum atomic E-state index is 12.3. The van der Waals surface area contributed by atoms with Gasteiger partial charge in [-0.15, -0.1) is 0 Å². The molecule has 1 heterocycles. The lowest BCUT2D eigenvalue weighted by molar-refractivity contribution is -0.142. The fourth-order valence-electron chi connectivity index (χ4n) is 2.77. The molecule has 124 valence electrons. The van der Waals surface area contributed by atoms with Crippen molar-refractivity contribution in [1.82, 2.24) is 15.1 Å². The monoisotopic (exact) mass is 309 g/mol. The highest BCUT2D eigenvalue weighted by Gasteiger charge is 2.25. The summed E-state index contributed by atoms with van der Waals surface area (Å²) in [5.74, 6) is -1.64. The van der Waals surface area contributed by atoms with Crippen molar-refractivity contribution in [2.45, 2.75) is 47.0 Å². The Hall–Kier alpha value is -1.85. The number of hydrogen-bond acceptors (Lipinski definition) is 3. The van der Waals surface area contributed by atoms with Crippen LogP contribution in [0.3, 0.4) is 0 Å². The van der Waals surface area contributed by atoms with Crippen LogP contribution >= 0.6 is 0 Å². The van der Waals surface area contributed by atoms with Gasteiger partial charge < -0.3 is 10.4 Å². The molecule has 22 heavy (non-hydrogen) atoms. The number of carbonyl (C=O) groups excluding carboxylic acids is 1. The number of amides is 1. The van der Waals surface area contributed by atoms with E-state index in [4.69, 9.17) is 0 Å². The lowest BCUT2D eigenvalue weighted by atomic mass is 9.95. The van der Waals surface area contributed by atoms with Crippen molar-refractivity contribution >= 4 is 11.9 Å². The Kier molecular flexibility index (Phi) is 6.14. The number of carboxylic acid groups (broad SMARTS) is 1. The average molecular weight is 309 g/mol. The Balaban J connectivity index is 2.73. The quantitative estimate of drug-likeness (QED) is 0.807. The van der Waals surface area contributed by atoms with Crippen LogP contribution in [0.25, 0.3) is 0 Å². The molecule has 1 amide bonds. The molecule has 1 aromatic heterocycles. The van der Waals surface area contributed by atoms with Gasteiger partial charge in [0, 0.05) is 24.8 Å². The van der Waals surface area contributed by atoms with Gasteiger partial charge in [-0.25, -0.2) is 0 Å². The molecule has 0 aromatic carbocycles. The lowest BCUT2D eigenvalue weighted by Gasteiger charge is -2.18. The van der Waals surface area contributed by atoms with E-state index in [1.807, 2.05) is 41.7 Å². The van der Waals surface area contributed by atoms with E-state index < -0.39 is 11.9 Å². The first-order chi connectivity index (χ1) is 10.1. The van der Waals surface area contributed by atoms with Crippen LogP contribution in [0.5, 0.6) is 0 Å². The SMILES string of the molecule is Cc1nn(C)c(C)c1C(C)C(=O)NCC(CC(C)C)C(=O)O. The minimum atomic E-state index is -0.865. The zero-order chi connectivity index (χ0) is 17.0. The molecule has 0 saturated heterocycles. The number of aryl methyl sites for hydroxylation is 2. The third kappa shape index (κ3) is 4.32. The van der Waals surface area contributed by atoms with Crippen LogP contribution < -0.4 is 5.32 Å². The van der Waals surface area contributed by atoms with Gasteiger partial charge in [0.2, 0.25) is 5.91 Å². The largest absolute Gasteiger partial charge is 0.481 e. The highest BCUT2D eigenvalue weighted by atomic mass is 16.4. The highest BCUT2D eigenvalue weighted by molar-refractivity contribution is 5.84. The van der Waals surface area contributed by atoms with E-state index in [9.17, 15) is 14.7 Å². The van der Waals surface area contributed by atoms with Crippen molar-refractivity contribution in [2.24, 2.45) is 18.9 Å². The minimum absolute atomic E-state index is 0.158. The van der Waals surface area contributed by atoms with Crippen molar-refractivity contribution in [3.8, 4) is 0 Å². The topological polar surface area (TPSA) is 84.2 Å². The van der Waals surface area contributed by atoms with Crippen LogP contribution in [-0.2, 0) is 16.6 Å². The van der Waals surface area contributed by atoms with E-state index in [-0.39, 0.29) is 24.3 Å². The van der Waals surface area contributed by atoms with E-state index in [0.29, 0.717) is 6.42 Å². The van der Waals surface area contributed by atoms with E-state index in [2.05, 4.69) is 10.4 Å². The Morgan fingerprint density at radius 1 is 1.27 bits per heavy atom. The molecule has 0 bridgehead atoms. The van der Waals surface area contributed by atoms with Crippen molar-refractivity contribution in [3.63, 3.8) is 0 Å². The van der Waals surface area contributed by atoms with Gasteiger partial charge in [-0.3, -0.25) is 14.3 Å². The molecule has 0 saturated carbocycles. The normalized spacial score (nSPS) is 14.0. The number of aromatic nitrogens is 2. The Labute approximate surface area is 131 Å². The molecule has 2 atom stereocenters. The van der Waals surface area contributed by atoms with Crippen molar-refractivity contribution in [1.29, 1.82) is 0 Å². The van der Waals surface area contributed by atoms with Gasteiger partial charge in [0.15, 0.2) is 0 Å². The summed E-state index contributed by atoms with van der Waals surface area (Å²) in [6, 6.07) is 0. The molecule has 1 aromatic rings. The minimum Gasteiger partial charge on any atom is -0.481 e. The van der Waals surface area contributed by atoms with Crippen LogP contribution in [0, 0.1) is 25.7 Å². The first kappa shape index (κ1) is 18.2. The second-order valence-electron chi connectivity index (χ2n) is 6.34. The molecule has 0 aliphatic carbocycles. The second kappa shape index (κ2) is 7.42. The molecule has 6 nitrogen and oxygen atoms in total. The number of nitrogens with zero attached hydrogens (tertiary/aromatic N) is 2. The Bertz CT molecular complexity index is 549. The van der Waals surface area contributed by atoms with Crippen LogP contribution in [0.1, 0.15) is 50.1 Å². The van der Waals surface area contributed by atoms with Crippen LogP contribution in [-0.4, -0.2) is 33.3 Å². The molecule has 0 aliphatic heterocycles. The van der Waals surface area contributed by atoms with Gasteiger partial charge in [-0.1, -0.05) is 13.8 Å². The van der Waals surface area contributed by atoms with Gasteiger partial charge in [0.05, 0.1) is 17.5 Å². The lowest BCUT2D eigenvalue weighted by Crippen LogP contribution is -2.36. The summed E-state index contributed by atoms with van der Waals surface area (Å²) in [7, 11) is 1.85. The molecule has 0 spiro atoms. The summed E-state index contributed by atoms with van der Waals surface area (Å²) in [6.45, 7) is 9.74. The van der Waals surface area contributed by atoms with Gasteiger partial charge in [-0.2, -0.15) is 5.10 Å². The number of rotatable bonds is 7. The highest BCUT2D eigenvalue weighted by Crippen LogP contribution is 2.23. The third-order valence-electron chi connectivity index (χ3n) is 4.02. The molecule has 2 unspecified atom stereocenters. The smallest absolute Gasteiger partial charge is 0.308 e. The summed E-state index contributed by atoms with van der Waals surface area (Å²) in [5.41, 5.74) is 2.70. The first-order valence-electron chi connectivity index (χ1n) is 7.65. The first-order valence-corrected chi connectivity index (χ1v) is 7.65. The molecule has 6 heteroatoms. The molecule has 1 rings (SSSR count). The average Bonchev–Trinajstić information content (AvgIpc) is 2.66. The fourth-order valence-corrected chi connectivity index (χ4v) is 2.77. The zero-order valence-corrected chi connectivity index (χ0v) is 14.3. The molecule has 0 aliphatic rings. The summed E-state index contributed by atoms with van der Waals surface area (Å²) in [6.07, 6.45) is 0.551. The van der Waals surface area contributed by atoms with Crippen molar-refractivity contribution in [3.05, 3.63) is 17.0 Å². The van der Waals surface area contributed by atoms with E-state index in [0.717, 1.165) is 17.0 Å². The summed E-state index contributed by atoms with van der Waals surface area (Å²) >= 11 is 0. The fraction of sp³-hybridized carbons (Fsp3) is 0.688. The maximum Gasteiger partial charge on any atom is 0.308 e. The third-order valence-corrected chi connectivity index (χ3v) is 4.02. The van der Waals surface area contributed by atoms with E-state index in [1.54, 1.807) is 4.68 Å². The van der Waals surface area contributed by atoms with Gasteiger partial charge in [0.25, 0.3) is 0 Å². The number of carbonyl (C=O) groups is 2. The van der Waals surface area contributed by atoms with Gasteiger partial charge in [-0.05, 0) is 33.1 Å². The van der Waals surface area contributed by atoms with Crippen LogP contribution in [0.15, 0.2) is 0 Å². The second-order valence-corrected chi connectivity index (χ2v) is 6.34. The summed E-state index contributed by atoms with van der Waals surface area (Å²) in [4.78, 5) is 23.6. The van der Waals surface area contributed by atoms with Crippen LogP contribution in [0.2, 0.25) is 0 Å². The molecular formula is C16H27N3O3. The molecule has 0 radical (unpaired) electrons. The standard InChI is InChI=1S/C16H27N3O3/c1-9(2)7-13(16(21)22)8-17-15(20)10(3)14-11(4)18-19(6)12(14)5/h9-10,13H,7-8H2,1-6H3,(H,17,20)(H,21,22). The van der Waals surface area contributed by atoms with E-state index >= 15 is 0 Å². The van der Waals surface area contributed by atoms with Crippen molar-refractivity contribution < 1.29 is 14.7 Å². The molecule has 0 fully saturated rings. The summed E-state index contributed by atoms with van der Waals surface area (Å²) < 4.78 is 1.76. The van der Waals surface area contributed by atoms with Crippen LogP contribution in [0.4, 0.5) is 0 Å². The predicted octanol–water partition coefficient (Wildman–Crippen LogP) is 2.00. The zero-order valence-electron chi connectivity index (χ0n) is 14.3. The van der Waals surface area contributed by atoms with Crippen molar-refractivity contribution in [2.75, 3.05) is 6.54 Å². The summed E-state index contributed by atoms with van der Waals surface area (Å²) in [5, 5.41) is 16.3. The van der Waals surface area contributed by atoms with Gasteiger partial charge in [0.1, 0.15) is 0 Å². The molecule has 2 N–H and O–H groups in total. The Morgan fingerprint density at radius 2 is 1.86 bits per heavy atom. The van der Waals surface area contributed by atoms with E-state index in [1.165, 1.54) is 0 Å². The predicted molar refractivity (Wildman–Crippen MR) is 84.7 cm³/mol. The Morgan fingerprint density at radius 3 is 2.27 bits per heavy atom.